The molecule has 1 aromatic heterocycles. The zero-order valence-electron chi connectivity index (χ0n) is 26.6. The van der Waals surface area contributed by atoms with Gasteiger partial charge in [-0.25, -0.2) is 9.79 Å². The molecule has 2 aromatic rings. The molecule has 1 saturated carbocycles. The molecule has 3 amide bonds. The molecule has 0 bridgehead atoms. The Morgan fingerprint density at radius 3 is 2.49 bits per heavy atom. The highest BCUT2D eigenvalue weighted by Gasteiger charge is 2.44. The number of hydrogen-bond acceptors (Lipinski definition) is 9. The minimum absolute atomic E-state index is 0.0761. The lowest BCUT2D eigenvalue weighted by Crippen LogP contribution is -2.65. The van der Waals surface area contributed by atoms with Gasteiger partial charge in [-0.2, -0.15) is 0 Å². The van der Waals surface area contributed by atoms with Crippen molar-refractivity contribution in [3.05, 3.63) is 58.3 Å². The number of amidine groups is 1. The Morgan fingerprint density at radius 2 is 1.82 bits per heavy atom. The van der Waals surface area contributed by atoms with Gasteiger partial charge in [0, 0.05) is 24.0 Å². The van der Waals surface area contributed by atoms with Crippen LogP contribution in [0.4, 0.5) is 4.79 Å². The van der Waals surface area contributed by atoms with Crippen LogP contribution in [0.15, 0.2) is 52.8 Å². The van der Waals surface area contributed by atoms with Crippen molar-refractivity contribution in [2.45, 2.75) is 95.8 Å². The van der Waals surface area contributed by atoms with Crippen LogP contribution in [0.1, 0.15) is 69.9 Å². The number of carbonyl (C=O) groups excluding carboxylic acids is 3. The van der Waals surface area contributed by atoms with Crippen LogP contribution in [0.25, 0.3) is 0 Å². The SMILES string of the molecule is C[C@@H]1N=C(N2CCN(C(=O)[C@H](NC(=O)OC(C)(C)C)C3CCC(N)CC3)[C@H](C(=O)NCc3cccs3)C2)O[C@H]1c1ccccc1. The molecule has 2 aliphatic heterocycles. The number of benzene rings is 1. The molecule has 3 heterocycles. The molecule has 3 aliphatic rings. The Balaban J connectivity index is 1.36. The summed E-state index contributed by atoms with van der Waals surface area (Å²) in [6.45, 7) is 8.64. The molecular formula is C33H46N6O5S. The van der Waals surface area contributed by atoms with Gasteiger partial charge in [0.15, 0.2) is 0 Å². The van der Waals surface area contributed by atoms with Crippen LogP contribution in [-0.2, 0) is 25.6 Å². The van der Waals surface area contributed by atoms with Crippen LogP contribution in [0.2, 0.25) is 0 Å². The first-order valence-corrected chi connectivity index (χ1v) is 16.8. The van der Waals surface area contributed by atoms with Crippen LogP contribution in [0.3, 0.4) is 0 Å². The smallest absolute Gasteiger partial charge is 0.408 e. The number of thiophene rings is 1. The lowest BCUT2D eigenvalue weighted by Gasteiger charge is -2.43. The summed E-state index contributed by atoms with van der Waals surface area (Å²) in [5.41, 5.74) is 6.49. The van der Waals surface area contributed by atoms with Crippen LogP contribution in [0.5, 0.6) is 0 Å². The maximum atomic E-state index is 14.4. The molecule has 0 unspecified atom stereocenters. The molecule has 1 saturated heterocycles. The number of nitrogens with two attached hydrogens (primary N) is 1. The lowest BCUT2D eigenvalue weighted by molar-refractivity contribution is -0.146. The van der Waals surface area contributed by atoms with Gasteiger partial charge in [0.2, 0.25) is 11.8 Å². The second-order valence-corrected chi connectivity index (χ2v) is 14.2. The molecule has 0 radical (unpaired) electrons. The summed E-state index contributed by atoms with van der Waals surface area (Å²) in [6, 6.07) is 12.6. The van der Waals surface area contributed by atoms with E-state index in [-0.39, 0.29) is 49.0 Å². The molecule has 12 heteroatoms. The number of aliphatic imine (C=N–C) groups is 1. The molecule has 4 atom stereocenters. The predicted molar refractivity (Wildman–Crippen MR) is 173 cm³/mol. The maximum Gasteiger partial charge on any atom is 0.408 e. The Labute approximate surface area is 269 Å². The highest BCUT2D eigenvalue weighted by atomic mass is 32.1. The van der Waals surface area contributed by atoms with Crippen molar-refractivity contribution in [3.8, 4) is 0 Å². The number of amides is 3. The molecule has 1 aliphatic carbocycles. The summed E-state index contributed by atoms with van der Waals surface area (Å²) in [6.07, 6.45) is 2.05. The summed E-state index contributed by atoms with van der Waals surface area (Å²) >= 11 is 1.56. The summed E-state index contributed by atoms with van der Waals surface area (Å²) in [5, 5.41) is 7.87. The Kier molecular flexibility index (Phi) is 10.3. The first kappa shape index (κ1) is 32.7. The van der Waals surface area contributed by atoms with Gasteiger partial charge in [0.1, 0.15) is 23.8 Å². The van der Waals surface area contributed by atoms with E-state index in [2.05, 4.69) is 10.6 Å². The number of hydrogen-bond donors (Lipinski definition) is 3. The van der Waals surface area contributed by atoms with Crippen LogP contribution in [-0.4, -0.2) is 83.1 Å². The summed E-state index contributed by atoms with van der Waals surface area (Å²) in [5.74, 6) is -0.677. The fourth-order valence-electron chi connectivity index (χ4n) is 6.25. The number of nitrogens with one attached hydrogen (secondary N) is 2. The van der Waals surface area contributed by atoms with E-state index in [0.29, 0.717) is 32.0 Å². The number of nitrogens with zero attached hydrogens (tertiary/aromatic N) is 3. The van der Waals surface area contributed by atoms with Gasteiger partial charge in [-0.1, -0.05) is 36.4 Å². The van der Waals surface area contributed by atoms with E-state index < -0.39 is 23.8 Å². The summed E-state index contributed by atoms with van der Waals surface area (Å²) in [7, 11) is 0. The molecular weight excluding hydrogens is 592 g/mol. The first-order chi connectivity index (χ1) is 21.5. The molecule has 2 fully saturated rings. The molecule has 4 N–H and O–H groups in total. The average Bonchev–Trinajstić information content (AvgIpc) is 3.68. The van der Waals surface area contributed by atoms with E-state index in [9.17, 15) is 14.4 Å². The zero-order valence-corrected chi connectivity index (χ0v) is 27.4. The van der Waals surface area contributed by atoms with E-state index >= 15 is 0 Å². The van der Waals surface area contributed by atoms with E-state index in [0.717, 1.165) is 23.3 Å². The number of carbonyl (C=O) groups is 3. The van der Waals surface area contributed by atoms with Crippen LogP contribution in [0, 0.1) is 5.92 Å². The fourth-order valence-corrected chi connectivity index (χ4v) is 6.90. The molecule has 45 heavy (non-hydrogen) atoms. The summed E-state index contributed by atoms with van der Waals surface area (Å²) < 4.78 is 11.9. The maximum absolute atomic E-state index is 14.4. The second kappa shape index (κ2) is 14.2. The normalized spacial score (nSPS) is 26.0. The highest BCUT2D eigenvalue weighted by Crippen LogP contribution is 2.32. The van der Waals surface area contributed by atoms with Gasteiger partial charge in [0.05, 0.1) is 19.1 Å². The van der Waals surface area contributed by atoms with Crippen molar-refractivity contribution < 1.29 is 23.9 Å². The van der Waals surface area contributed by atoms with Crippen molar-refractivity contribution >= 4 is 35.3 Å². The third kappa shape index (κ3) is 8.35. The third-order valence-corrected chi connectivity index (χ3v) is 9.47. The number of ether oxygens (including phenoxy) is 2. The number of rotatable bonds is 7. The van der Waals surface area contributed by atoms with Crippen LogP contribution < -0.4 is 16.4 Å². The largest absolute Gasteiger partial charge is 0.455 e. The van der Waals surface area contributed by atoms with E-state index in [1.165, 1.54) is 0 Å². The van der Waals surface area contributed by atoms with Gasteiger partial charge in [0.25, 0.3) is 6.02 Å². The van der Waals surface area contributed by atoms with Crippen molar-refractivity contribution in [1.82, 2.24) is 20.4 Å². The predicted octanol–water partition coefficient (Wildman–Crippen LogP) is 3.80. The standard InChI is InChI=1S/C33H46N6O5S/c1-21-28(23-9-6-5-7-10-23)43-31(36-21)38-16-17-39(26(20-38)29(40)35-19-25-11-8-18-45-25)30(41)27(22-12-14-24(34)15-13-22)37-32(42)44-33(2,3)4/h5-11,18,21-22,24,26-28H,12-17,19-20,34H2,1-4H3,(H,35,40)(H,37,42)/t21-,22?,24?,26-,27+,28+/m0/s1. The monoisotopic (exact) mass is 638 g/mol. The lowest BCUT2D eigenvalue weighted by atomic mass is 9.81. The van der Waals surface area contributed by atoms with Gasteiger partial charge in [-0.05, 0) is 76.3 Å². The van der Waals surface area contributed by atoms with Crippen molar-refractivity contribution in [2.24, 2.45) is 16.6 Å². The molecule has 1 aromatic carbocycles. The van der Waals surface area contributed by atoms with Gasteiger partial charge in [-0.15, -0.1) is 11.3 Å². The Bertz CT molecular complexity index is 1340. The van der Waals surface area contributed by atoms with Gasteiger partial charge in [-0.3, -0.25) is 9.59 Å². The summed E-state index contributed by atoms with van der Waals surface area (Å²) in [4.78, 5) is 50.6. The van der Waals surface area contributed by atoms with Crippen molar-refractivity contribution in [2.75, 3.05) is 19.6 Å². The fraction of sp³-hybridized carbons (Fsp3) is 0.576. The minimum atomic E-state index is -0.839. The van der Waals surface area contributed by atoms with Crippen LogP contribution >= 0.6 is 11.3 Å². The zero-order chi connectivity index (χ0) is 32.1. The molecule has 5 rings (SSSR count). The first-order valence-electron chi connectivity index (χ1n) is 15.9. The quantitative estimate of drug-likeness (QED) is 0.419. The van der Waals surface area contributed by atoms with Gasteiger partial charge >= 0.3 is 6.09 Å². The molecule has 244 valence electrons. The topological polar surface area (TPSA) is 139 Å². The minimum Gasteiger partial charge on any atom is -0.455 e. The number of piperazine rings is 1. The van der Waals surface area contributed by atoms with Crippen molar-refractivity contribution in [3.63, 3.8) is 0 Å². The van der Waals surface area contributed by atoms with Gasteiger partial charge < -0.3 is 35.6 Å². The average molecular weight is 639 g/mol. The molecule has 11 nitrogen and oxygen atoms in total. The van der Waals surface area contributed by atoms with Crippen molar-refractivity contribution in [1.29, 1.82) is 0 Å². The third-order valence-electron chi connectivity index (χ3n) is 8.59. The Hall–Kier alpha value is -3.64. The molecule has 0 spiro atoms. The van der Waals surface area contributed by atoms with E-state index in [1.54, 1.807) is 37.0 Å². The Morgan fingerprint density at radius 1 is 1.09 bits per heavy atom. The van der Waals surface area contributed by atoms with E-state index in [4.69, 9.17) is 20.2 Å². The highest BCUT2D eigenvalue weighted by molar-refractivity contribution is 7.09. The second-order valence-electron chi connectivity index (χ2n) is 13.2. The van der Waals surface area contributed by atoms with E-state index in [1.807, 2.05) is 59.7 Å². The number of alkyl carbamates (subject to hydrolysis) is 1.